The van der Waals surface area contributed by atoms with Crippen LogP contribution in [0.5, 0.6) is 0 Å². The van der Waals surface area contributed by atoms with Gasteiger partial charge in [0.05, 0.1) is 0 Å². The molecule has 20 heavy (non-hydrogen) atoms. The molecule has 0 aromatic heterocycles. The van der Waals surface area contributed by atoms with E-state index in [4.69, 9.17) is 11.6 Å². The molecule has 1 saturated carbocycles. The summed E-state index contributed by atoms with van der Waals surface area (Å²) < 4.78 is 0. The van der Waals surface area contributed by atoms with Gasteiger partial charge in [-0.05, 0) is 62.4 Å². The second-order valence-electron chi connectivity index (χ2n) is 6.32. The Morgan fingerprint density at radius 1 is 1.05 bits per heavy atom. The summed E-state index contributed by atoms with van der Waals surface area (Å²) in [6, 6.07) is 8.92. The molecule has 1 aliphatic carbocycles. The van der Waals surface area contributed by atoms with Crippen molar-refractivity contribution < 1.29 is 0 Å². The van der Waals surface area contributed by atoms with Gasteiger partial charge in [-0.3, -0.25) is 0 Å². The summed E-state index contributed by atoms with van der Waals surface area (Å²) in [5.41, 5.74) is 1.31. The van der Waals surface area contributed by atoms with Gasteiger partial charge in [0.2, 0.25) is 0 Å². The smallest absolute Gasteiger partial charge is 0.0407 e. The van der Waals surface area contributed by atoms with Crippen molar-refractivity contribution in [3.8, 4) is 0 Å². The number of rotatable bonds is 4. The first-order valence-electron chi connectivity index (χ1n) is 8.05. The standard InChI is InChI=1S/C17H25ClN2/c18-15-7-9-17(10-8-15)20-11-3-6-16(13-20)19-12-14-4-1-2-5-14/h7-10,14,16,19H,1-6,11-13H2. The Kier molecular flexibility index (Phi) is 4.85. The number of benzene rings is 1. The fraction of sp³-hybridized carbons (Fsp3) is 0.647. The van der Waals surface area contributed by atoms with Crippen LogP contribution in [0.2, 0.25) is 5.02 Å². The van der Waals surface area contributed by atoms with Gasteiger partial charge in [-0.15, -0.1) is 0 Å². The number of piperidine rings is 1. The van der Waals surface area contributed by atoms with Gasteiger partial charge in [0.25, 0.3) is 0 Å². The highest BCUT2D eigenvalue weighted by atomic mass is 35.5. The maximum atomic E-state index is 5.97. The third-order valence-corrected chi connectivity index (χ3v) is 5.04. The minimum atomic E-state index is 0.653. The molecule has 1 unspecified atom stereocenters. The zero-order valence-corrected chi connectivity index (χ0v) is 12.9. The van der Waals surface area contributed by atoms with E-state index in [0.717, 1.165) is 17.5 Å². The van der Waals surface area contributed by atoms with E-state index in [1.807, 2.05) is 12.1 Å². The lowest BCUT2D eigenvalue weighted by atomic mass is 10.0. The van der Waals surface area contributed by atoms with E-state index in [9.17, 15) is 0 Å². The maximum Gasteiger partial charge on any atom is 0.0407 e. The molecule has 3 heteroatoms. The molecular weight excluding hydrogens is 268 g/mol. The minimum Gasteiger partial charge on any atom is -0.370 e. The van der Waals surface area contributed by atoms with Gasteiger partial charge in [-0.2, -0.15) is 0 Å². The van der Waals surface area contributed by atoms with E-state index >= 15 is 0 Å². The van der Waals surface area contributed by atoms with Crippen LogP contribution in [0.25, 0.3) is 0 Å². The van der Waals surface area contributed by atoms with Gasteiger partial charge in [-0.25, -0.2) is 0 Å². The van der Waals surface area contributed by atoms with Gasteiger partial charge in [0.1, 0.15) is 0 Å². The Labute approximate surface area is 127 Å². The van der Waals surface area contributed by atoms with Gasteiger partial charge >= 0.3 is 0 Å². The van der Waals surface area contributed by atoms with E-state index in [-0.39, 0.29) is 0 Å². The van der Waals surface area contributed by atoms with Crippen LogP contribution in [0.3, 0.4) is 0 Å². The summed E-state index contributed by atoms with van der Waals surface area (Å²) in [6.45, 7) is 3.52. The Hall–Kier alpha value is -0.730. The van der Waals surface area contributed by atoms with Crippen LogP contribution in [0.15, 0.2) is 24.3 Å². The molecule has 3 rings (SSSR count). The fourth-order valence-electron chi connectivity index (χ4n) is 3.58. The van der Waals surface area contributed by atoms with Crippen molar-refractivity contribution >= 4 is 17.3 Å². The molecule has 1 aliphatic heterocycles. The molecule has 2 fully saturated rings. The third-order valence-electron chi connectivity index (χ3n) is 4.78. The number of anilines is 1. The quantitative estimate of drug-likeness (QED) is 0.899. The first kappa shape index (κ1) is 14.2. The summed E-state index contributed by atoms with van der Waals surface area (Å²) >= 11 is 5.97. The summed E-state index contributed by atoms with van der Waals surface area (Å²) in [5.74, 6) is 0.931. The first-order valence-corrected chi connectivity index (χ1v) is 8.43. The Morgan fingerprint density at radius 2 is 1.80 bits per heavy atom. The van der Waals surface area contributed by atoms with Gasteiger partial charge in [-0.1, -0.05) is 24.4 Å². The molecular formula is C17H25ClN2. The average Bonchev–Trinajstić information content (AvgIpc) is 3.00. The van der Waals surface area contributed by atoms with Gasteiger partial charge < -0.3 is 10.2 Å². The van der Waals surface area contributed by atoms with Crippen molar-refractivity contribution in [3.63, 3.8) is 0 Å². The van der Waals surface area contributed by atoms with Gasteiger partial charge in [0, 0.05) is 29.8 Å². The van der Waals surface area contributed by atoms with Crippen molar-refractivity contribution in [2.75, 3.05) is 24.5 Å². The van der Waals surface area contributed by atoms with E-state index in [2.05, 4.69) is 22.3 Å². The lowest BCUT2D eigenvalue weighted by Gasteiger charge is -2.35. The van der Waals surface area contributed by atoms with Crippen molar-refractivity contribution in [1.29, 1.82) is 0 Å². The molecule has 1 saturated heterocycles. The molecule has 1 aromatic rings. The Bertz CT molecular complexity index is 412. The molecule has 1 N–H and O–H groups in total. The lowest BCUT2D eigenvalue weighted by Crippen LogP contribution is -2.46. The number of hydrogen-bond donors (Lipinski definition) is 1. The average molecular weight is 293 g/mol. The van der Waals surface area contributed by atoms with Crippen LogP contribution in [0, 0.1) is 5.92 Å². The molecule has 0 bridgehead atoms. The summed E-state index contributed by atoms with van der Waals surface area (Å²) in [4.78, 5) is 2.49. The highest BCUT2D eigenvalue weighted by molar-refractivity contribution is 6.30. The number of hydrogen-bond acceptors (Lipinski definition) is 2. The fourth-order valence-corrected chi connectivity index (χ4v) is 3.70. The largest absolute Gasteiger partial charge is 0.370 e. The zero-order chi connectivity index (χ0) is 13.8. The van der Waals surface area contributed by atoms with Crippen molar-refractivity contribution in [2.45, 2.75) is 44.6 Å². The molecule has 2 aliphatic rings. The molecule has 1 aromatic carbocycles. The highest BCUT2D eigenvalue weighted by Crippen LogP contribution is 2.25. The zero-order valence-electron chi connectivity index (χ0n) is 12.2. The second-order valence-corrected chi connectivity index (χ2v) is 6.76. The summed E-state index contributed by atoms with van der Waals surface area (Å²) in [5, 5.41) is 4.63. The minimum absolute atomic E-state index is 0.653. The summed E-state index contributed by atoms with van der Waals surface area (Å²) in [7, 11) is 0. The molecule has 2 nitrogen and oxygen atoms in total. The van der Waals surface area contributed by atoms with Crippen LogP contribution < -0.4 is 10.2 Å². The normalized spacial score (nSPS) is 24.2. The molecule has 110 valence electrons. The van der Waals surface area contributed by atoms with Gasteiger partial charge in [0.15, 0.2) is 0 Å². The molecule has 0 spiro atoms. The molecule has 0 amide bonds. The van der Waals surface area contributed by atoms with Crippen LogP contribution >= 0.6 is 11.6 Å². The van der Waals surface area contributed by atoms with E-state index in [1.165, 1.54) is 57.3 Å². The Morgan fingerprint density at radius 3 is 2.55 bits per heavy atom. The van der Waals surface area contributed by atoms with Crippen LogP contribution in [0.4, 0.5) is 5.69 Å². The van der Waals surface area contributed by atoms with E-state index < -0.39 is 0 Å². The van der Waals surface area contributed by atoms with Crippen LogP contribution in [-0.2, 0) is 0 Å². The van der Waals surface area contributed by atoms with Crippen LogP contribution in [-0.4, -0.2) is 25.7 Å². The predicted molar refractivity (Wildman–Crippen MR) is 86.6 cm³/mol. The summed E-state index contributed by atoms with van der Waals surface area (Å²) in [6.07, 6.45) is 8.34. The monoisotopic (exact) mass is 292 g/mol. The highest BCUT2D eigenvalue weighted by Gasteiger charge is 2.22. The molecule has 1 heterocycles. The Balaban J connectivity index is 1.51. The number of halogens is 1. The third kappa shape index (κ3) is 3.67. The van der Waals surface area contributed by atoms with E-state index in [0.29, 0.717) is 6.04 Å². The number of nitrogens with one attached hydrogen (secondary N) is 1. The SMILES string of the molecule is Clc1ccc(N2CCCC(NCC3CCCC3)C2)cc1. The number of nitrogens with zero attached hydrogens (tertiary/aromatic N) is 1. The van der Waals surface area contributed by atoms with E-state index in [1.54, 1.807) is 0 Å². The molecule has 1 atom stereocenters. The lowest BCUT2D eigenvalue weighted by molar-refractivity contribution is 0.383. The topological polar surface area (TPSA) is 15.3 Å². The van der Waals surface area contributed by atoms with Crippen molar-refractivity contribution in [2.24, 2.45) is 5.92 Å². The first-order chi connectivity index (χ1) is 9.81. The predicted octanol–water partition coefficient (Wildman–Crippen LogP) is 4.09. The van der Waals surface area contributed by atoms with Crippen molar-refractivity contribution in [1.82, 2.24) is 5.32 Å². The van der Waals surface area contributed by atoms with Crippen molar-refractivity contribution in [3.05, 3.63) is 29.3 Å². The molecule has 0 radical (unpaired) electrons. The second kappa shape index (κ2) is 6.82. The maximum absolute atomic E-state index is 5.97. The van der Waals surface area contributed by atoms with Crippen LogP contribution in [0.1, 0.15) is 38.5 Å².